The molecular formula is C14H16F4N2O4S. The zero-order chi connectivity index (χ0) is 18.8. The van der Waals surface area contributed by atoms with Gasteiger partial charge >= 0.3 is 12.1 Å². The first-order valence-corrected chi connectivity index (χ1v) is 8.78. The van der Waals surface area contributed by atoms with Gasteiger partial charge in [-0.2, -0.15) is 13.2 Å². The number of benzene rings is 1. The molecule has 0 amide bonds. The first kappa shape index (κ1) is 19.6. The monoisotopic (exact) mass is 384 g/mol. The van der Waals surface area contributed by atoms with Crippen LogP contribution in [0.3, 0.4) is 0 Å². The van der Waals surface area contributed by atoms with Crippen molar-refractivity contribution in [3.63, 3.8) is 0 Å². The second kappa shape index (κ2) is 7.26. The molecule has 1 heterocycles. The molecule has 0 saturated carbocycles. The number of carbonyl (C=O) groups is 1. The average Bonchev–Trinajstić information content (AvgIpc) is 2.90. The molecule has 25 heavy (non-hydrogen) atoms. The van der Waals surface area contributed by atoms with Gasteiger partial charge in [0.1, 0.15) is 5.82 Å². The number of carboxylic acid groups (broad SMARTS) is 1. The summed E-state index contributed by atoms with van der Waals surface area (Å²) in [5.74, 6) is -2.96. The molecule has 0 bridgehead atoms. The Morgan fingerprint density at radius 1 is 1.36 bits per heavy atom. The van der Waals surface area contributed by atoms with E-state index >= 15 is 0 Å². The molecule has 2 N–H and O–H groups in total. The van der Waals surface area contributed by atoms with E-state index < -0.39 is 45.0 Å². The molecule has 2 rings (SSSR count). The van der Waals surface area contributed by atoms with Crippen LogP contribution in [0.5, 0.6) is 0 Å². The number of aromatic carboxylic acids is 1. The van der Waals surface area contributed by atoms with E-state index in [4.69, 9.17) is 5.11 Å². The number of likely N-dealkylation sites (tertiary alicyclic amines) is 1. The summed E-state index contributed by atoms with van der Waals surface area (Å²) in [6.45, 7) is -0.815. The Labute approximate surface area is 141 Å². The van der Waals surface area contributed by atoms with Crippen LogP contribution in [0, 0.1) is 11.7 Å². The van der Waals surface area contributed by atoms with Crippen molar-refractivity contribution >= 4 is 16.0 Å². The number of halogens is 4. The number of nitrogens with one attached hydrogen (secondary N) is 1. The van der Waals surface area contributed by atoms with Crippen molar-refractivity contribution in [3.05, 3.63) is 29.6 Å². The van der Waals surface area contributed by atoms with Crippen molar-refractivity contribution in [2.24, 2.45) is 5.92 Å². The van der Waals surface area contributed by atoms with Crippen molar-refractivity contribution in [3.8, 4) is 0 Å². The lowest BCUT2D eigenvalue weighted by Gasteiger charge is -2.18. The highest BCUT2D eigenvalue weighted by molar-refractivity contribution is 7.89. The highest BCUT2D eigenvalue weighted by Gasteiger charge is 2.34. The molecule has 0 aromatic heterocycles. The van der Waals surface area contributed by atoms with Crippen molar-refractivity contribution in [1.82, 2.24) is 9.62 Å². The molecule has 140 valence electrons. The van der Waals surface area contributed by atoms with Crippen LogP contribution in [0.4, 0.5) is 17.6 Å². The van der Waals surface area contributed by atoms with Crippen LogP contribution in [0.1, 0.15) is 16.8 Å². The minimum atomic E-state index is -4.31. The van der Waals surface area contributed by atoms with Gasteiger partial charge < -0.3 is 5.11 Å². The van der Waals surface area contributed by atoms with E-state index in [1.54, 1.807) is 0 Å². The minimum Gasteiger partial charge on any atom is -0.478 e. The number of rotatable bonds is 6. The van der Waals surface area contributed by atoms with Gasteiger partial charge in [-0.25, -0.2) is 22.3 Å². The number of hydrogen-bond donors (Lipinski definition) is 2. The molecule has 1 fully saturated rings. The van der Waals surface area contributed by atoms with Crippen LogP contribution < -0.4 is 4.72 Å². The lowest BCUT2D eigenvalue weighted by atomic mass is 10.1. The number of alkyl halides is 3. The number of sulfonamides is 1. The third kappa shape index (κ3) is 5.38. The largest absolute Gasteiger partial charge is 0.478 e. The summed E-state index contributed by atoms with van der Waals surface area (Å²) in [4.78, 5) is 11.6. The number of carboxylic acids is 1. The Hall–Kier alpha value is -1.72. The normalized spacial score (nSPS) is 19.3. The minimum absolute atomic E-state index is 0.0868. The zero-order valence-electron chi connectivity index (χ0n) is 12.9. The maximum atomic E-state index is 13.3. The molecular weight excluding hydrogens is 368 g/mol. The summed E-state index contributed by atoms with van der Waals surface area (Å²) >= 11 is 0. The highest BCUT2D eigenvalue weighted by atomic mass is 32.2. The summed E-state index contributed by atoms with van der Waals surface area (Å²) in [6, 6.07) is 2.36. The van der Waals surface area contributed by atoms with Crippen LogP contribution in [0.15, 0.2) is 23.1 Å². The Balaban J connectivity index is 1.99. The summed E-state index contributed by atoms with van der Waals surface area (Å²) in [7, 11) is -4.09. The Morgan fingerprint density at radius 3 is 2.64 bits per heavy atom. The van der Waals surface area contributed by atoms with Gasteiger partial charge in [0.25, 0.3) is 0 Å². The summed E-state index contributed by atoms with van der Waals surface area (Å²) in [6.07, 6.45) is -3.90. The van der Waals surface area contributed by atoms with Crippen molar-refractivity contribution in [1.29, 1.82) is 0 Å². The zero-order valence-corrected chi connectivity index (χ0v) is 13.7. The third-order valence-corrected chi connectivity index (χ3v) is 5.23. The van der Waals surface area contributed by atoms with E-state index in [1.807, 2.05) is 0 Å². The van der Waals surface area contributed by atoms with Gasteiger partial charge in [0.15, 0.2) is 0 Å². The van der Waals surface area contributed by atoms with Crippen molar-refractivity contribution in [2.75, 3.05) is 26.2 Å². The quantitative estimate of drug-likeness (QED) is 0.729. The maximum absolute atomic E-state index is 13.3. The van der Waals surface area contributed by atoms with E-state index in [1.165, 1.54) is 4.90 Å². The molecule has 0 unspecified atom stereocenters. The molecule has 1 saturated heterocycles. The second-order valence-corrected chi connectivity index (χ2v) is 7.57. The first-order valence-electron chi connectivity index (χ1n) is 7.29. The molecule has 1 aromatic rings. The average molecular weight is 384 g/mol. The molecule has 0 aliphatic carbocycles. The fraction of sp³-hybridized carbons (Fsp3) is 0.500. The summed E-state index contributed by atoms with van der Waals surface area (Å²) in [5.41, 5.74) is -0.778. The third-order valence-electron chi connectivity index (χ3n) is 3.81. The molecule has 6 nitrogen and oxygen atoms in total. The SMILES string of the molecule is O=C(O)c1cc(S(=O)(=O)NC[C@H]2CCN(CC(F)(F)F)C2)ccc1F. The van der Waals surface area contributed by atoms with E-state index in [0.717, 1.165) is 12.1 Å². The Bertz CT molecular complexity index is 752. The van der Waals surface area contributed by atoms with Crippen LogP contribution in [-0.4, -0.2) is 56.7 Å². The number of nitrogens with zero attached hydrogens (tertiary/aromatic N) is 1. The van der Waals surface area contributed by atoms with Crippen molar-refractivity contribution < 1.29 is 35.9 Å². The predicted octanol–water partition coefficient (Wildman–Crippen LogP) is 1.69. The molecule has 1 aliphatic rings. The standard InChI is InChI=1S/C14H16F4N2O4S/c15-12-2-1-10(5-11(12)13(21)22)25(23,24)19-6-9-3-4-20(7-9)8-14(16,17)18/h1-2,5,9,19H,3-4,6-8H2,(H,21,22)/t9-/m1/s1. The fourth-order valence-corrected chi connectivity index (χ4v) is 3.76. The van der Waals surface area contributed by atoms with Gasteiger partial charge in [0, 0.05) is 13.1 Å². The predicted molar refractivity (Wildman–Crippen MR) is 79.1 cm³/mol. The summed E-state index contributed by atoms with van der Waals surface area (Å²) < 4.78 is 76.9. The maximum Gasteiger partial charge on any atom is 0.401 e. The van der Waals surface area contributed by atoms with Gasteiger partial charge in [-0.05, 0) is 37.1 Å². The lowest BCUT2D eigenvalue weighted by molar-refractivity contribution is -0.143. The van der Waals surface area contributed by atoms with Crippen LogP contribution >= 0.6 is 0 Å². The van der Waals surface area contributed by atoms with E-state index in [-0.39, 0.29) is 25.6 Å². The smallest absolute Gasteiger partial charge is 0.401 e. The van der Waals surface area contributed by atoms with Gasteiger partial charge in [0.2, 0.25) is 10.0 Å². The molecule has 1 aromatic carbocycles. The first-order chi connectivity index (χ1) is 11.5. The fourth-order valence-electron chi connectivity index (χ4n) is 2.62. The van der Waals surface area contributed by atoms with E-state index in [9.17, 15) is 30.8 Å². The van der Waals surface area contributed by atoms with Gasteiger partial charge in [-0.15, -0.1) is 0 Å². The molecule has 0 radical (unpaired) electrons. The molecule has 11 heteroatoms. The topological polar surface area (TPSA) is 86.7 Å². The summed E-state index contributed by atoms with van der Waals surface area (Å²) in [5, 5.41) is 8.83. The molecule has 1 aliphatic heterocycles. The van der Waals surface area contributed by atoms with Crippen molar-refractivity contribution in [2.45, 2.75) is 17.5 Å². The Kier molecular flexibility index (Phi) is 5.69. The molecule has 0 spiro atoms. The van der Waals surface area contributed by atoms with Gasteiger partial charge in [0.05, 0.1) is 17.0 Å². The van der Waals surface area contributed by atoms with Crippen LogP contribution in [0.25, 0.3) is 0 Å². The number of hydrogen-bond acceptors (Lipinski definition) is 4. The Morgan fingerprint density at radius 2 is 2.04 bits per heavy atom. The van der Waals surface area contributed by atoms with Gasteiger partial charge in [-0.3, -0.25) is 4.90 Å². The van der Waals surface area contributed by atoms with Gasteiger partial charge in [-0.1, -0.05) is 0 Å². The lowest BCUT2D eigenvalue weighted by Crippen LogP contribution is -2.34. The van der Waals surface area contributed by atoms with Crippen LogP contribution in [0.2, 0.25) is 0 Å². The van der Waals surface area contributed by atoms with E-state index in [0.29, 0.717) is 12.5 Å². The molecule has 1 atom stereocenters. The van der Waals surface area contributed by atoms with E-state index in [2.05, 4.69) is 4.72 Å². The van der Waals surface area contributed by atoms with Crippen LogP contribution in [-0.2, 0) is 10.0 Å². The highest BCUT2D eigenvalue weighted by Crippen LogP contribution is 2.23. The second-order valence-electron chi connectivity index (χ2n) is 5.80.